The van der Waals surface area contributed by atoms with Gasteiger partial charge in [0.25, 0.3) is 0 Å². The number of halogens is 3. The fourth-order valence-corrected chi connectivity index (χ4v) is 2.58. The van der Waals surface area contributed by atoms with E-state index in [1.807, 2.05) is 13.8 Å². The Kier molecular flexibility index (Phi) is 5.25. The van der Waals surface area contributed by atoms with Gasteiger partial charge in [0.15, 0.2) is 0 Å². The predicted molar refractivity (Wildman–Crippen MR) is 74.9 cm³/mol. The molecular weight excluding hydrogens is 283 g/mol. The molecule has 0 spiro atoms. The highest BCUT2D eigenvalue weighted by Gasteiger charge is 2.34. The van der Waals surface area contributed by atoms with Gasteiger partial charge in [0.2, 0.25) is 0 Å². The zero-order chi connectivity index (χ0) is 16.4. The first-order chi connectivity index (χ1) is 9.54. The summed E-state index contributed by atoms with van der Waals surface area (Å²) in [6.45, 7) is 5.59. The van der Waals surface area contributed by atoms with Crippen LogP contribution in [0.1, 0.15) is 44.2 Å². The van der Waals surface area contributed by atoms with Crippen molar-refractivity contribution in [3.63, 3.8) is 0 Å². The second kappa shape index (κ2) is 6.37. The van der Waals surface area contributed by atoms with Gasteiger partial charge in [-0.1, -0.05) is 20.8 Å². The van der Waals surface area contributed by atoms with E-state index in [9.17, 15) is 23.1 Å². The molecule has 3 nitrogen and oxygen atoms in total. The van der Waals surface area contributed by atoms with Crippen LogP contribution in [0.5, 0.6) is 0 Å². The number of alkyl halides is 3. The van der Waals surface area contributed by atoms with E-state index in [-0.39, 0.29) is 23.1 Å². The fraction of sp³-hybridized carbons (Fsp3) is 0.533. The summed E-state index contributed by atoms with van der Waals surface area (Å²) in [6.07, 6.45) is -3.93. The van der Waals surface area contributed by atoms with Crippen molar-refractivity contribution in [3.8, 4) is 0 Å². The Morgan fingerprint density at radius 1 is 1.29 bits per heavy atom. The van der Waals surface area contributed by atoms with Crippen LogP contribution in [0.15, 0.2) is 18.2 Å². The summed E-state index contributed by atoms with van der Waals surface area (Å²) < 4.78 is 38.4. The third-order valence-electron chi connectivity index (χ3n) is 3.43. The number of carbonyl (C=O) groups is 1. The zero-order valence-corrected chi connectivity index (χ0v) is 12.2. The van der Waals surface area contributed by atoms with Crippen LogP contribution in [0.2, 0.25) is 0 Å². The minimum atomic E-state index is -4.52. The van der Waals surface area contributed by atoms with Crippen LogP contribution < -0.4 is 5.73 Å². The summed E-state index contributed by atoms with van der Waals surface area (Å²) in [4.78, 5) is 11.5. The Labute approximate surface area is 122 Å². The lowest BCUT2D eigenvalue weighted by Gasteiger charge is -2.24. The lowest BCUT2D eigenvalue weighted by molar-refractivity contribution is -0.141. The van der Waals surface area contributed by atoms with Crippen molar-refractivity contribution in [2.75, 3.05) is 5.73 Å². The van der Waals surface area contributed by atoms with Gasteiger partial charge in [-0.25, -0.2) is 0 Å². The van der Waals surface area contributed by atoms with E-state index < -0.39 is 23.6 Å². The SMILES string of the molecule is CC(C)CC(C)C(C(=O)O)c1cc(C(F)(F)F)ccc1N. The molecule has 0 saturated carbocycles. The molecule has 0 aliphatic rings. The zero-order valence-electron chi connectivity index (χ0n) is 12.2. The largest absolute Gasteiger partial charge is 0.481 e. The molecule has 2 unspecified atom stereocenters. The smallest absolute Gasteiger partial charge is 0.416 e. The van der Waals surface area contributed by atoms with E-state index in [0.717, 1.165) is 18.2 Å². The molecule has 0 aliphatic carbocycles. The average Bonchev–Trinajstić information content (AvgIpc) is 2.28. The van der Waals surface area contributed by atoms with Crippen molar-refractivity contribution in [3.05, 3.63) is 29.3 Å². The van der Waals surface area contributed by atoms with E-state index in [1.54, 1.807) is 6.92 Å². The lowest BCUT2D eigenvalue weighted by Crippen LogP contribution is -2.22. The number of carboxylic acid groups (broad SMARTS) is 1. The number of hydrogen-bond donors (Lipinski definition) is 2. The Morgan fingerprint density at radius 2 is 1.86 bits per heavy atom. The predicted octanol–water partition coefficient (Wildman–Crippen LogP) is 4.14. The molecule has 3 N–H and O–H groups in total. The highest BCUT2D eigenvalue weighted by atomic mass is 19.4. The third kappa shape index (κ3) is 4.37. The molecule has 118 valence electrons. The number of nitrogens with two attached hydrogens (primary N) is 1. The monoisotopic (exact) mass is 303 g/mol. The summed E-state index contributed by atoms with van der Waals surface area (Å²) in [5, 5.41) is 9.39. The molecular formula is C15H20F3NO2. The summed E-state index contributed by atoms with van der Waals surface area (Å²) in [5.41, 5.74) is 4.94. The molecule has 1 rings (SSSR count). The summed E-state index contributed by atoms with van der Waals surface area (Å²) >= 11 is 0. The molecule has 0 aromatic heterocycles. The highest BCUT2D eigenvalue weighted by molar-refractivity contribution is 5.79. The number of rotatable bonds is 5. The van der Waals surface area contributed by atoms with Gasteiger partial charge in [0, 0.05) is 5.69 Å². The maximum atomic E-state index is 12.8. The Hall–Kier alpha value is -1.72. The molecule has 0 fully saturated rings. The second-order valence-electron chi connectivity index (χ2n) is 5.76. The van der Waals surface area contributed by atoms with Gasteiger partial charge < -0.3 is 10.8 Å². The maximum absolute atomic E-state index is 12.8. The van der Waals surface area contributed by atoms with Crippen molar-refractivity contribution >= 4 is 11.7 Å². The van der Waals surface area contributed by atoms with E-state index in [0.29, 0.717) is 6.42 Å². The summed E-state index contributed by atoms with van der Waals surface area (Å²) in [7, 11) is 0. The van der Waals surface area contributed by atoms with Gasteiger partial charge in [-0.15, -0.1) is 0 Å². The molecule has 21 heavy (non-hydrogen) atoms. The third-order valence-corrected chi connectivity index (χ3v) is 3.43. The van der Waals surface area contributed by atoms with E-state index in [4.69, 9.17) is 5.73 Å². The van der Waals surface area contributed by atoms with Crippen LogP contribution in [-0.2, 0) is 11.0 Å². The highest BCUT2D eigenvalue weighted by Crippen LogP contribution is 2.37. The topological polar surface area (TPSA) is 63.3 Å². The molecule has 0 saturated heterocycles. The molecule has 1 aromatic carbocycles. The van der Waals surface area contributed by atoms with Gasteiger partial charge in [-0.2, -0.15) is 13.2 Å². The standard InChI is InChI=1S/C15H20F3NO2/c1-8(2)6-9(3)13(14(20)21)11-7-10(15(16,17)18)4-5-12(11)19/h4-5,7-9,13H,6,19H2,1-3H3,(H,20,21). The Bertz CT molecular complexity index is 512. The molecule has 0 radical (unpaired) electrons. The molecule has 0 aliphatic heterocycles. The van der Waals surface area contributed by atoms with Crippen LogP contribution in [-0.4, -0.2) is 11.1 Å². The van der Waals surface area contributed by atoms with Gasteiger partial charge in [0.05, 0.1) is 11.5 Å². The van der Waals surface area contributed by atoms with Crippen LogP contribution in [0.4, 0.5) is 18.9 Å². The number of nitrogen functional groups attached to an aromatic ring is 1. The summed E-state index contributed by atoms with van der Waals surface area (Å²) in [5.74, 6) is -2.27. The second-order valence-corrected chi connectivity index (χ2v) is 5.76. The fourth-order valence-electron chi connectivity index (χ4n) is 2.58. The molecule has 0 bridgehead atoms. The van der Waals surface area contributed by atoms with Crippen LogP contribution in [0.3, 0.4) is 0 Å². The van der Waals surface area contributed by atoms with Crippen molar-refractivity contribution in [2.24, 2.45) is 11.8 Å². The number of aliphatic carboxylic acids is 1. The molecule has 6 heteroatoms. The van der Waals surface area contributed by atoms with Gasteiger partial charge in [0.1, 0.15) is 0 Å². The first-order valence-electron chi connectivity index (χ1n) is 6.73. The first-order valence-corrected chi connectivity index (χ1v) is 6.73. The summed E-state index contributed by atoms with van der Waals surface area (Å²) in [6, 6.07) is 2.84. The normalized spacial score (nSPS) is 15.0. The molecule has 1 aromatic rings. The van der Waals surface area contributed by atoms with Gasteiger partial charge in [-0.3, -0.25) is 4.79 Å². The van der Waals surface area contributed by atoms with E-state index >= 15 is 0 Å². The average molecular weight is 303 g/mol. The van der Waals surface area contributed by atoms with E-state index in [2.05, 4.69) is 0 Å². The number of benzene rings is 1. The number of carboxylic acids is 1. The minimum absolute atomic E-state index is 0.0328. The maximum Gasteiger partial charge on any atom is 0.416 e. The minimum Gasteiger partial charge on any atom is -0.481 e. The van der Waals surface area contributed by atoms with Crippen molar-refractivity contribution in [2.45, 2.75) is 39.3 Å². The van der Waals surface area contributed by atoms with Crippen molar-refractivity contribution in [1.29, 1.82) is 0 Å². The van der Waals surface area contributed by atoms with Crippen LogP contribution in [0.25, 0.3) is 0 Å². The lowest BCUT2D eigenvalue weighted by atomic mass is 9.81. The Morgan fingerprint density at radius 3 is 2.29 bits per heavy atom. The van der Waals surface area contributed by atoms with Gasteiger partial charge in [-0.05, 0) is 42.0 Å². The Balaban J connectivity index is 3.28. The van der Waals surface area contributed by atoms with Crippen LogP contribution >= 0.6 is 0 Å². The van der Waals surface area contributed by atoms with Crippen molar-refractivity contribution in [1.82, 2.24) is 0 Å². The van der Waals surface area contributed by atoms with E-state index in [1.165, 1.54) is 0 Å². The van der Waals surface area contributed by atoms with Gasteiger partial charge >= 0.3 is 12.1 Å². The molecule has 0 amide bonds. The number of anilines is 1. The number of hydrogen-bond acceptors (Lipinski definition) is 2. The molecule has 2 atom stereocenters. The van der Waals surface area contributed by atoms with Crippen molar-refractivity contribution < 1.29 is 23.1 Å². The first kappa shape index (κ1) is 17.3. The molecule has 0 heterocycles. The quantitative estimate of drug-likeness (QED) is 0.804. The van der Waals surface area contributed by atoms with Crippen LogP contribution in [0, 0.1) is 11.8 Å².